The Morgan fingerprint density at radius 2 is 1.74 bits per heavy atom. The first-order valence-electron chi connectivity index (χ1n) is 10.5. The van der Waals surface area contributed by atoms with Crippen molar-refractivity contribution in [2.75, 3.05) is 0 Å². The van der Waals surface area contributed by atoms with Crippen molar-refractivity contribution in [3.8, 4) is 0 Å². The second kappa shape index (κ2) is 8.40. The number of primary amides is 1. The van der Waals surface area contributed by atoms with Gasteiger partial charge in [0.15, 0.2) is 0 Å². The number of nitrogens with one attached hydrogen (secondary N) is 1. The predicted octanol–water partition coefficient (Wildman–Crippen LogP) is 3.73. The Hall–Kier alpha value is -2.77. The van der Waals surface area contributed by atoms with Crippen LogP contribution in [0.15, 0.2) is 71.8 Å². The third-order valence-electron chi connectivity index (χ3n) is 6.69. The zero-order valence-electron chi connectivity index (χ0n) is 17.5. The van der Waals surface area contributed by atoms with Gasteiger partial charge < -0.3 is 5.73 Å². The van der Waals surface area contributed by atoms with Gasteiger partial charge in [0.2, 0.25) is 15.9 Å². The largest absolute Gasteiger partial charge is 0.369 e. The number of hydrogen-bond donors (Lipinski definition) is 2. The lowest BCUT2D eigenvalue weighted by atomic mass is 9.63. The highest BCUT2D eigenvalue weighted by Crippen LogP contribution is 2.47. The lowest BCUT2D eigenvalue weighted by Gasteiger charge is -2.42. The molecule has 0 bridgehead atoms. The molecule has 4 rings (SSSR count). The summed E-state index contributed by atoms with van der Waals surface area (Å²) in [6.07, 6.45) is 3.59. The highest BCUT2D eigenvalue weighted by molar-refractivity contribution is 7.89. The topological polar surface area (TPSA) is 102 Å². The van der Waals surface area contributed by atoms with Gasteiger partial charge in [0, 0.05) is 17.6 Å². The van der Waals surface area contributed by atoms with Crippen molar-refractivity contribution in [1.29, 1.82) is 0 Å². The third kappa shape index (κ3) is 4.20. The molecule has 7 heteroatoms. The number of sulfonamides is 1. The summed E-state index contributed by atoms with van der Waals surface area (Å²) < 4.78 is 28.7. The number of pyridine rings is 1. The molecule has 6 nitrogen and oxygen atoms in total. The fourth-order valence-corrected chi connectivity index (χ4v) is 5.97. The van der Waals surface area contributed by atoms with Crippen molar-refractivity contribution in [2.45, 2.75) is 49.5 Å². The molecule has 0 saturated heterocycles. The first-order chi connectivity index (χ1) is 14.8. The van der Waals surface area contributed by atoms with E-state index in [9.17, 15) is 13.2 Å². The third-order valence-corrected chi connectivity index (χ3v) is 8.18. The molecule has 1 aliphatic rings. The van der Waals surface area contributed by atoms with E-state index in [4.69, 9.17) is 5.73 Å². The van der Waals surface area contributed by atoms with Gasteiger partial charge >= 0.3 is 0 Å². The van der Waals surface area contributed by atoms with Crippen molar-refractivity contribution in [1.82, 2.24) is 9.71 Å². The van der Waals surface area contributed by atoms with Gasteiger partial charge in [-0.1, -0.05) is 55.5 Å². The van der Waals surface area contributed by atoms with Crippen molar-refractivity contribution in [2.24, 2.45) is 11.1 Å². The van der Waals surface area contributed by atoms with E-state index in [0.717, 1.165) is 16.5 Å². The minimum Gasteiger partial charge on any atom is -0.369 e. The number of aromatic nitrogens is 1. The van der Waals surface area contributed by atoms with Crippen LogP contribution >= 0.6 is 0 Å². The summed E-state index contributed by atoms with van der Waals surface area (Å²) in [7, 11) is -3.71. The number of benzene rings is 2. The summed E-state index contributed by atoms with van der Waals surface area (Å²) in [5.41, 5.74) is 7.02. The second-order valence-corrected chi connectivity index (χ2v) is 10.1. The van der Waals surface area contributed by atoms with Gasteiger partial charge in [-0.3, -0.25) is 9.78 Å². The van der Waals surface area contributed by atoms with E-state index in [1.54, 1.807) is 6.07 Å². The molecule has 0 radical (unpaired) electrons. The van der Waals surface area contributed by atoms with Crippen LogP contribution in [0.25, 0.3) is 10.9 Å². The van der Waals surface area contributed by atoms with E-state index in [-0.39, 0.29) is 22.8 Å². The number of nitrogens with two attached hydrogens (primary N) is 1. The highest BCUT2D eigenvalue weighted by atomic mass is 32.2. The SMILES string of the molecule is C[C@H](c1ccccc1)C1(C(N)=O)CCC(NS(=O)(=O)c2cnc3ccccc3c2)CC1. The molecule has 0 aliphatic heterocycles. The van der Waals surface area contributed by atoms with E-state index in [1.807, 2.05) is 61.5 Å². The maximum Gasteiger partial charge on any atom is 0.242 e. The molecule has 3 aromatic rings. The average Bonchev–Trinajstić information content (AvgIpc) is 2.79. The quantitative estimate of drug-likeness (QED) is 0.613. The van der Waals surface area contributed by atoms with E-state index < -0.39 is 15.4 Å². The Balaban J connectivity index is 1.50. The number of rotatable bonds is 6. The number of carbonyl (C=O) groups excluding carboxylic acids is 1. The van der Waals surface area contributed by atoms with Gasteiger partial charge in [-0.2, -0.15) is 0 Å². The minimum atomic E-state index is -3.71. The van der Waals surface area contributed by atoms with Gasteiger partial charge in [0.05, 0.1) is 10.9 Å². The van der Waals surface area contributed by atoms with Crippen LogP contribution in [0.3, 0.4) is 0 Å². The number of para-hydroxylation sites is 1. The molecule has 1 heterocycles. The van der Waals surface area contributed by atoms with Gasteiger partial charge in [-0.25, -0.2) is 13.1 Å². The van der Waals surface area contributed by atoms with Crippen molar-refractivity contribution in [3.63, 3.8) is 0 Å². The molecule has 1 fully saturated rings. The molecular formula is C24H27N3O3S. The molecule has 0 spiro atoms. The summed E-state index contributed by atoms with van der Waals surface area (Å²) in [5.74, 6) is -0.350. The van der Waals surface area contributed by atoms with Gasteiger partial charge in [-0.05, 0) is 49.3 Å². The van der Waals surface area contributed by atoms with Crippen LogP contribution in [-0.2, 0) is 14.8 Å². The van der Waals surface area contributed by atoms with Crippen LogP contribution in [0.2, 0.25) is 0 Å². The van der Waals surface area contributed by atoms with Crippen LogP contribution in [-0.4, -0.2) is 25.4 Å². The van der Waals surface area contributed by atoms with E-state index >= 15 is 0 Å². The molecule has 1 atom stereocenters. The van der Waals surface area contributed by atoms with E-state index in [0.29, 0.717) is 25.7 Å². The Labute approximate surface area is 182 Å². The Morgan fingerprint density at radius 3 is 2.42 bits per heavy atom. The van der Waals surface area contributed by atoms with Gasteiger partial charge in [-0.15, -0.1) is 0 Å². The van der Waals surface area contributed by atoms with Gasteiger partial charge in [0.25, 0.3) is 0 Å². The summed E-state index contributed by atoms with van der Waals surface area (Å²) >= 11 is 0. The Bertz CT molecular complexity index is 1190. The van der Waals surface area contributed by atoms with Crippen molar-refractivity contribution in [3.05, 3.63) is 72.4 Å². The molecule has 3 N–H and O–H groups in total. The zero-order chi connectivity index (χ0) is 22.1. The number of nitrogens with zero attached hydrogens (tertiary/aromatic N) is 1. The molecule has 1 amide bonds. The molecule has 162 valence electrons. The number of carbonyl (C=O) groups is 1. The molecule has 31 heavy (non-hydrogen) atoms. The summed E-state index contributed by atoms with van der Waals surface area (Å²) in [6.45, 7) is 2.03. The summed E-state index contributed by atoms with van der Waals surface area (Å²) in [4.78, 5) is 16.9. The maximum atomic E-state index is 13.0. The number of amides is 1. The summed E-state index contributed by atoms with van der Waals surface area (Å²) in [6, 6.07) is 18.7. The zero-order valence-corrected chi connectivity index (χ0v) is 18.3. The molecule has 1 aliphatic carbocycles. The predicted molar refractivity (Wildman–Crippen MR) is 121 cm³/mol. The van der Waals surface area contributed by atoms with Crippen molar-refractivity contribution < 1.29 is 13.2 Å². The molecule has 2 aromatic carbocycles. The standard InChI is InChI=1S/C24H27N3O3S/c1-17(18-7-3-2-4-8-18)24(23(25)28)13-11-20(12-14-24)27-31(29,30)21-15-19-9-5-6-10-22(19)26-16-21/h2-10,15-17,20,27H,11-14H2,1H3,(H2,25,28)/t17-,20?,24?/m1/s1. The Morgan fingerprint density at radius 1 is 1.10 bits per heavy atom. The fourth-order valence-electron chi connectivity index (χ4n) is 4.69. The van der Waals surface area contributed by atoms with Gasteiger partial charge in [0.1, 0.15) is 4.90 Å². The highest BCUT2D eigenvalue weighted by Gasteiger charge is 2.45. The molecule has 0 unspecified atom stereocenters. The average molecular weight is 438 g/mol. The van der Waals surface area contributed by atoms with E-state index in [2.05, 4.69) is 9.71 Å². The van der Waals surface area contributed by atoms with Crippen LogP contribution in [0.5, 0.6) is 0 Å². The first kappa shape index (κ1) is 21.5. The molecular weight excluding hydrogens is 410 g/mol. The van der Waals surface area contributed by atoms with E-state index in [1.165, 1.54) is 6.20 Å². The monoisotopic (exact) mass is 437 g/mol. The lowest BCUT2D eigenvalue weighted by molar-refractivity contribution is -0.131. The fraction of sp³-hybridized carbons (Fsp3) is 0.333. The first-order valence-corrected chi connectivity index (χ1v) is 12.0. The second-order valence-electron chi connectivity index (χ2n) is 8.41. The lowest BCUT2D eigenvalue weighted by Crippen LogP contribution is -2.48. The smallest absolute Gasteiger partial charge is 0.242 e. The van der Waals surface area contributed by atoms with Crippen LogP contribution < -0.4 is 10.5 Å². The van der Waals surface area contributed by atoms with Crippen molar-refractivity contribution >= 4 is 26.8 Å². The minimum absolute atomic E-state index is 0.0338. The van der Waals surface area contributed by atoms with Crippen LogP contribution in [0, 0.1) is 5.41 Å². The van der Waals surface area contributed by atoms with Crippen LogP contribution in [0.1, 0.15) is 44.1 Å². The van der Waals surface area contributed by atoms with Crippen LogP contribution in [0.4, 0.5) is 0 Å². The number of fused-ring (bicyclic) bond motifs is 1. The molecule has 1 saturated carbocycles. The molecule has 1 aromatic heterocycles. The normalized spacial score (nSPS) is 22.8. The number of hydrogen-bond acceptors (Lipinski definition) is 4. The maximum absolute atomic E-state index is 13.0. The Kier molecular flexibility index (Phi) is 5.81. The summed E-state index contributed by atoms with van der Waals surface area (Å²) in [5, 5.41) is 0.776.